The minimum absolute atomic E-state index is 0.00643. The van der Waals surface area contributed by atoms with Crippen molar-refractivity contribution in [2.45, 2.75) is 13.3 Å². The van der Waals surface area contributed by atoms with Gasteiger partial charge in [0.15, 0.2) is 0 Å². The summed E-state index contributed by atoms with van der Waals surface area (Å²) < 4.78 is 5.17. The third-order valence-corrected chi connectivity index (χ3v) is 2.77. The molecule has 0 saturated carbocycles. The van der Waals surface area contributed by atoms with E-state index >= 15 is 0 Å². The standard InChI is InChI=1S/C12H16N2O2/c1-8-2-3-11(10(13)6-8)14-12(15)9-4-5-16-7-9/h2-3,6,9H,4-5,7,13H2,1H3,(H,14,15). The molecular weight excluding hydrogens is 204 g/mol. The number of benzene rings is 1. The Kier molecular flexibility index (Phi) is 3.10. The first-order valence-corrected chi connectivity index (χ1v) is 5.41. The van der Waals surface area contributed by atoms with Crippen molar-refractivity contribution < 1.29 is 9.53 Å². The van der Waals surface area contributed by atoms with Gasteiger partial charge in [0.25, 0.3) is 0 Å². The van der Waals surface area contributed by atoms with Crippen LogP contribution < -0.4 is 11.1 Å². The monoisotopic (exact) mass is 220 g/mol. The molecule has 1 atom stereocenters. The van der Waals surface area contributed by atoms with Crippen molar-refractivity contribution in [3.05, 3.63) is 23.8 Å². The number of rotatable bonds is 2. The molecule has 3 N–H and O–H groups in total. The number of nitrogens with one attached hydrogen (secondary N) is 1. The highest BCUT2D eigenvalue weighted by Crippen LogP contribution is 2.21. The van der Waals surface area contributed by atoms with Gasteiger partial charge in [-0.3, -0.25) is 4.79 Å². The molecule has 86 valence electrons. The predicted octanol–water partition coefficient (Wildman–Crippen LogP) is 1.55. The molecule has 1 aromatic rings. The van der Waals surface area contributed by atoms with E-state index in [2.05, 4.69) is 5.32 Å². The van der Waals surface area contributed by atoms with Crippen molar-refractivity contribution in [2.75, 3.05) is 24.3 Å². The van der Waals surface area contributed by atoms with Gasteiger partial charge in [-0.25, -0.2) is 0 Å². The van der Waals surface area contributed by atoms with Crippen LogP contribution in [0.5, 0.6) is 0 Å². The Hall–Kier alpha value is -1.55. The number of carbonyl (C=O) groups is 1. The Morgan fingerprint density at radius 3 is 3.00 bits per heavy atom. The maximum absolute atomic E-state index is 11.8. The van der Waals surface area contributed by atoms with Crippen molar-refractivity contribution in [2.24, 2.45) is 5.92 Å². The first-order chi connectivity index (χ1) is 7.66. The van der Waals surface area contributed by atoms with Crippen LogP contribution in [0.15, 0.2) is 18.2 Å². The Morgan fingerprint density at radius 1 is 1.56 bits per heavy atom. The van der Waals surface area contributed by atoms with E-state index in [1.807, 2.05) is 25.1 Å². The van der Waals surface area contributed by atoms with E-state index in [1.54, 1.807) is 0 Å². The van der Waals surface area contributed by atoms with Gasteiger partial charge in [0.1, 0.15) is 0 Å². The van der Waals surface area contributed by atoms with Crippen LogP contribution in [0.2, 0.25) is 0 Å². The van der Waals surface area contributed by atoms with Crippen molar-refractivity contribution in [1.82, 2.24) is 0 Å². The molecule has 1 aliphatic rings. The summed E-state index contributed by atoms with van der Waals surface area (Å²) in [7, 11) is 0. The Bertz CT molecular complexity index is 398. The third kappa shape index (κ3) is 2.33. The van der Waals surface area contributed by atoms with Gasteiger partial charge in [-0.05, 0) is 31.0 Å². The third-order valence-electron chi connectivity index (χ3n) is 2.77. The molecule has 1 saturated heterocycles. The van der Waals surface area contributed by atoms with Crippen molar-refractivity contribution in [3.63, 3.8) is 0 Å². The number of hydrogen-bond acceptors (Lipinski definition) is 3. The lowest BCUT2D eigenvalue weighted by Gasteiger charge is -2.11. The van der Waals surface area contributed by atoms with Crippen LogP contribution in [0.25, 0.3) is 0 Å². The molecule has 1 aliphatic heterocycles. The number of carbonyl (C=O) groups excluding carboxylic acids is 1. The molecule has 1 heterocycles. The molecule has 1 fully saturated rings. The topological polar surface area (TPSA) is 64.3 Å². The molecule has 4 heteroatoms. The average Bonchev–Trinajstić information content (AvgIpc) is 2.75. The lowest BCUT2D eigenvalue weighted by atomic mass is 10.1. The molecule has 0 radical (unpaired) electrons. The van der Waals surface area contributed by atoms with Crippen LogP contribution in [0, 0.1) is 12.8 Å². The van der Waals surface area contributed by atoms with E-state index in [0.717, 1.165) is 12.0 Å². The predicted molar refractivity (Wildman–Crippen MR) is 63.1 cm³/mol. The second-order valence-corrected chi connectivity index (χ2v) is 4.14. The van der Waals surface area contributed by atoms with Crippen LogP contribution in [-0.2, 0) is 9.53 Å². The van der Waals surface area contributed by atoms with Crippen LogP contribution in [-0.4, -0.2) is 19.1 Å². The summed E-state index contributed by atoms with van der Waals surface area (Å²) in [5.41, 5.74) is 8.19. The zero-order valence-corrected chi connectivity index (χ0v) is 9.32. The number of hydrogen-bond donors (Lipinski definition) is 2. The summed E-state index contributed by atoms with van der Waals surface area (Å²) >= 11 is 0. The number of anilines is 2. The number of nitrogens with two attached hydrogens (primary N) is 1. The van der Waals surface area contributed by atoms with Gasteiger partial charge in [0, 0.05) is 6.61 Å². The van der Waals surface area contributed by atoms with Crippen LogP contribution >= 0.6 is 0 Å². The number of nitrogen functional groups attached to an aromatic ring is 1. The van der Waals surface area contributed by atoms with Crippen molar-refractivity contribution in [1.29, 1.82) is 0 Å². The van der Waals surface area contributed by atoms with Gasteiger partial charge in [-0.2, -0.15) is 0 Å². The molecule has 1 aromatic carbocycles. The maximum Gasteiger partial charge on any atom is 0.229 e. The molecule has 0 bridgehead atoms. The van der Waals surface area contributed by atoms with E-state index in [1.165, 1.54) is 0 Å². The lowest BCUT2D eigenvalue weighted by molar-refractivity contribution is -0.119. The molecule has 4 nitrogen and oxygen atoms in total. The summed E-state index contributed by atoms with van der Waals surface area (Å²) in [6.07, 6.45) is 0.789. The van der Waals surface area contributed by atoms with E-state index in [0.29, 0.717) is 24.6 Å². The highest BCUT2D eigenvalue weighted by Gasteiger charge is 2.23. The summed E-state index contributed by atoms with van der Waals surface area (Å²) in [5, 5.41) is 2.84. The summed E-state index contributed by atoms with van der Waals surface area (Å²) in [6.45, 7) is 3.14. The number of aryl methyl sites for hydroxylation is 1. The zero-order valence-electron chi connectivity index (χ0n) is 9.32. The van der Waals surface area contributed by atoms with Gasteiger partial charge in [-0.15, -0.1) is 0 Å². The van der Waals surface area contributed by atoms with Gasteiger partial charge in [0.05, 0.1) is 23.9 Å². The Balaban J connectivity index is 2.05. The quantitative estimate of drug-likeness (QED) is 0.743. The van der Waals surface area contributed by atoms with Gasteiger partial charge >= 0.3 is 0 Å². The molecular formula is C12H16N2O2. The van der Waals surface area contributed by atoms with E-state index < -0.39 is 0 Å². The summed E-state index contributed by atoms with van der Waals surface area (Å²) in [6, 6.07) is 5.61. The number of ether oxygens (including phenoxy) is 1. The molecule has 0 aliphatic carbocycles. The minimum Gasteiger partial charge on any atom is -0.397 e. The fourth-order valence-electron chi connectivity index (χ4n) is 1.77. The molecule has 1 unspecified atom stereocenters. The largest absolute Gasteiger partial charge is 0.397 e. The zero-order chi connectivity index (χ0) is 11.5. The lowest BCUT2D eigenvalue weighted by Crippen LogP contribution is -2.23. The second-order valence-electron chi connectivity index (χ2n) is 4.14. The smallest absolute Gasteiger partial charge is 0.229 e. The molecule has 0 aromatic heterocycles. The van der Waals surface area contributed by atoms with E-state index in [-0.39, 0.29) is 11.8 Å². The summed E-state index contributed by atoms with van der Waals surface area (Å²) in [5.74, 6) is -0.0474. The SMILES string of the molecule is Cc1ccc(NC(=O)C2CCOC2)c(N)c1. The highest BCUT2D eigenvalue weighted by atomic mass is 16.5. The van der Waals surface area contributed by atoms with Crippen LogP contribution in [0.4, 0.5) is 11.4 Å². The summed E-state index contributed by atoms with van der Waals surface area (Å²) in [4.78, 5) is 11.8. The van der Waals surface area contributed by atoms with Crippen LogP contribution in [0.3, 0.4) is 0 Å². The van der Waals surface area contributed by atoms with Gasteiger partial charge in [-0.1, -0.05) is 6.07 Å². The Labute approximate surface area is 94.8 Å². The van der Waals surface area contributed by atoms with E-state index in [9.17, 15) is 4.79 Å². The Morgan fingerprint density at radius 2 is 2.38 bits per heavy atom. The molecule has 16 heavy (non-hydrogen) atoms. The first kappa shape index (κ1) is 11.0. The highest BCUT2D eigenvalue weighted by molar-refractivity contribution is 5.95. The average molecular weight is 220 g/mol. The molecule has 2 rings (SSSR count). The van der Waals surface area contributed by atoms with Crippen molar-refractivity contribution in [3.8, 4) is 0 Å². The van der Waals surface area contributed by atoms with Gasteiger partial charge < -0.3 is 15.8 Å². The van der Waals surface area contributed by atoms with Crippen molar-refractivity contribution >= 4 is 17.3 Å². The molecule has 1 amide bonds. The fourth-order valence-corrected chi connectivity index (χ4v) is 1.77. The fraction of sp³-hybridized carbons (Fsp3) is 0.417. The van der Waals surface area contributed by atoms with E-state index in [4.69, 9.17) is 10.5 Å². The normalized spacial score (nSPS) is 19.7. The number of amides is 1. The second kappa shape index (κ2) is 4.53. The van der Waals surface area contributed by atoms with Crippen LogP contribution in [0.1, 0.15) is 12.0 Å². The minimum atomic E-state index is -0.0410. The molecule has 0 spiro atoms. The first-order valence-electron chi connectivity index (χ1n) is 5.41. The maximum atomic E-state index is 11.8. The van der Waals surface area contributed by atoms with Gasteiger partial charge in [0.2, 0.25) is 5.91 Å².